The van der Waals surface area contributed by atoms with Crippen LogP contribution in [0.3, 0.4) is 0 Å². The van der Waals surface area contributed by atoms with Crippen molar-refractivity contribution >= 4 is 22.6 Å². The van der Waals surface area contributed by atoms with Crippen LogP contribution in [0, 0.1) is 0 Å². The van der Waals surface area contributed by atoms with Gasteiger partial charge in [-0.25, -0.2) is 0 Å². The third kappa shape index (κ3) is 11.1. The maximum Gasteiger partial charge on any atom is 0.253 e. The van der Waals surface area contributed by atoms with Gasteiger partial charge in [-0.2, -0.15) is 0 Å². The van der Waals surface area contributed by atoms with E-state index in [2.05, 4.69) is 41.3 Å². The second-order valence-corrected chi connectivity index (χ2v) is 12.3. The zero-order chi connectivity index (χ0) is 35.2. The smallest absolute Gasteiger partial charge is 0.253 e. The number of fused-ring (bicyclic) bond motifs is 1. The molecule has 49 heavy (non-hydrogen) atoms. The van der Waals surface area contributed by atoms with E-state index in [0.717, 1.165) is 39.6 Å². The molecule has 262 valence electrons. The minimum absolute atomic E-state index is 0.0321. The van der Waals surface area contributed by atoms with Gasteiger partial charge in [-0.3, -0.25) is 9.59 Å². The van der Waals surface area contributed by atoms with Crippen LogP contribution >= 0.6 is 0 Å². The zero-order valence-electron chi connectivity index (χ0n) is 29.8. The molecule has 0 saturated carbocycles. The third-order valence-electron chi connectivity index (χ3n) is 8.35. The molecule has 0 fully saturated rings. The molecule has 0 aliphatic heterocycles. The predicted octanol–water partition coefficient (Wildman–Crippen LogP) is 6.14. The molecule has 0 spiro atoms. The Kier molecular flexibility index (Phi) is 14.6. The summed E-state index contributed by atoms with van der Waals surface area (Å²) < 4.78 is 21.9. The van der Waals surface area contributed by atoms with Gasteiger partial charge in [-0.1, -0.05) is 54.6 Å². The lowest BCUT2D eigenvalue weighted by Gasteiger charge is -2.27. The molecule has 4 rings (SSSR count). The number of rotatable bonds is 19. The first-order valence-electron chi connectivity index (χ1n) is 16.9. The number of carbonyl (C=O) groups excluding carboxylic acids is 2. The molecular weight excluding hydrogens is 618 g/mol. The Labute approximate surface area is 291 Å². The van der Waals surface area contributed by atoms with Gasteiger partial charge in [0.05, 0.1) is 13.2 Å². The Morgan fingerprint density at radius 1 is 0.776 bits per heavy atom. The molecule has 9 nitrogen and oxygen atoms in total. The molecule has 0 aliphatic rings. The van der Waals surface area contributed by atoms with Crippen molar-refractivity contribution in [3.05, 3.63) is 102 Å². The molecule has 1 unspecified atom stereocenters. The van der Waals surface area contributed by atoms with Gasteiger partial charge in [0, 0.05) is 58.9 Å². The second-order valence-electron chi connectivity index (χ2n) is 12.3. The van der Waals surface area contributed by atoms with E-state index < -0.39 is 6.10 Å². The van der Waals surface area contributed by atoms with Crippen LogP contribution in [0.25, 0.3) is 21.9 Å². The van der Waals surface area contributed by atoms with Gasteiger partial charge in [-0.15, -0.1) is 0 Å². The lowest BCUT2D eigenvalue weighted by atomic mass is 9.99. The minimum Gasteiger partial charge on any atom is -0.468 e. The van der Waals surface area contributed by atoms with Gasteiger partial charge < -0.3 is 33.6 Å². The molecule has 0 heterocycles. The first-order valence-corrected chi connectivity index (χ1v) is 16.9. The van der Waals surface area contributed by atoms with E-state index >= 15 is 0 Å². The maximum absolute atomic E-state index is 13.4. The van der Waals surface area contributed by atoms with E-state index in [-0.39, 0.29) is 18.6 Å². The molecule has 4 aromatic carbocycles. The Balaban J connectivity index is 1.37. The summed E-state index contributed by atoms with van der Waals surface area (Å²) in [7, 11) is 7.47. The largest absolute Gasteiger partial charge is 0.468 e. The highest BCUT2D eigenvalue weighted by molar-refractivity contribution is 5.98. The number of carbonyl (C=O) groups is 2. The quantitative estimate of drug-likeness (QED) is 0.0878. The van der Waals surface area contributed by atoms with Crippen LogP contribution in [0.2, 0.25) is 0 Å². The standard InChI is InChI=1S/C40H51N3O6/c1-7-43(21-20-41(3)4)40(45)38(48-8-2)25-30-12-14-32(15-13-30)33-11-9-10-31(24-33)28-42(5)39(44)36-17-16-35-27-37(19-18-34(35)26-36)49-29-47-23-22-46-6/h9-19,24,26-27,38H,7-8,20-23,25,28-29H2,1-6H3. The van der Waals surface area contributed by atoms with E-state index in [4.69, 9.17) is 18.9 Å². The Bertz CT molecular complexity index is 1640. The third-order valence-corrected chi connectivity index (χ3v) is 8.35. The van der Waals surface area contributed by atoms with Crippen LogP contribution in [0.5, 0.6) is 5.75 Å². The van der Waals surface area contributed by atoms with Gasteiger partial charge in [0.15, 0.2) is 6.79 Å². The van der Waals surface area contributed by atoms with Crippen molar-refractivity contribution < 1.29 is 28.5 Å². The summed E-state index contributed by atoms with van der Waals surface area (Å²) in [6.07, 6.45) is 0.00622. The van der Waals surface area contributed by atoms with Crippen molar-refractivity contribution in [3.63, 3.8) is 0 Å². The number of ether oxygens (including phenoxy) is 4. The highest BCUT2D eigenvalue weighted by Crippen LogP contribution is 2.25. The van der Waals surface area contributed by atoms with Crippen molar-refractivity contribution in [2.45, 2.75) is 32.9 Å². The van der Waals surface area contributed by atoms with E-state index in [1.807, 2.05) is 88.4 Å². The predicted molar refractivity (Wildman–Crippen MR) is 195 cm³/mol. The first kappa shape index (κ1) is 37.5. The van der Waals surface area contributed by atoms with Crippen LogP contribution < -0.4 is 4.74 Å². The van der Waals surface area contributed by atoms with Crippen LogP contribution in [0.4, 0.5) is 0 Å². The van der Waals surface area contributed by atoms with E-state index in [1.54, 1.807) is 12.0 Å². The van der Waals surface area contributed by atoms with Crippen molar-refractivity contribution in [3.8, 4) is 16.9 Å². The Morgan fingerprint density at radius 2 is 1.53 bits per heavy atom. The van der Waals surface area contributed by atoms with E-state index in [1.165, 1.54) is 0 Å². The average molecular weight is 670 g/mol. The number of amides is 2. The number of hydrogen-bond acceptors (Lipinski definition) is 7. The number of likely N-dealkylation sites (N-methyl/N-ethyl adjacent to an activating group) is 2. The average Bonchev–Trinajstić information content (AvgIpc) is 3.11. The lowest BCUT2D eigenvalue weighted by Crippen LogP contribution is -2.44. The number of benzene rings is 4. The number of nitrogens with zero attached hydrogens (tertiary/aromatic N) is 3. The van der Waals surface area contributed by atoms with Gasteiger partial charge >= 0.3 is 0 Å². The summed E-state index contributed by atoms with van der Waals surface area (Å²) in [5.41, 5.74) is 4.84. The molecular formula is C40H51N3O6. The van der Waals surface area contributed by atoms with Gasteiger partial charge in [0.2, 0.25) is 0 Å². The van der Waals surface area contributed by atoms with Crippen LogP contribution in [-0.2, 0) is 32.0 Å². The summed E-state index contributed by atoms with van der Waals surface area (Å²) in [4.78, 5) is 32.4. The Hall–Kier alpha value is -4.28. The summed E-state index contributed by atoms with van der Waals surface area (Å²) in [5.74, 6) is 0.685. The molecule has 0 aromatic heterocycles. The normalized spacial score (nSPS) is 11.9. The fourth-order valence-electron chi connectivity index (χ4n) is 5.59. The molecule has 0 bridgehead atoms. The summed E-state index contributed by atoms with van der Waals surface area (Å²) >= 11 is 0. The lowest BCUT2D eigenvalue weighted by molar-refractivity contribution is -0.143. The van der Waals surface area contributed by atoms with Crippen molar-refractivity contribution in [1.29, 1.82) is 0 Å². The van der Waals surface area contributed by atoms with Gasteiger partial charge in [0.25, 0.3) is 11.8 Å². The van der Waals surface area contributed by atoms with Gasteiger partial charge in [0.1, 0.15) is 11.9 Å². The highest BCUT2D eigenvalue weighted by atomic mass is 16.7. The first-order chi connectivity index (χ1) is 23.7. The highest BCUT2D eigenvalue weighted by Gasteiger charge is 2.24. The second kappa shape index (κ2) is 19.0. The SMILES string of the molecule is CCOC(Cc1ccc(-c2cccc(CN(C)C(=O)c3ccc4cc(OCOCCOC)ccc4c3)c2)cc1)C(=O)N(CC)CCN(C)C. The monoisotopic (exact) mass is 669 g/mol. The van der Waals surface area contributed by atoms with Crippen molar-refractivity contribution in [2.24, 2.45) is 0 Å². The topological polar surface area (TPSA) is 80.8 Å². The summed E-state index contributed by atoms with van der Waals surface area (Å²) in [6.45, 7) is 8.15. The maximum atomic E-state index is 13.4. The van der Waals surface area contributed by atoms with E-state index in [9.17, 15) is 9.59 Å². The number of methoxy groups -OCH3 is 1. The molecule has 0 saturated heterocycles. The van der Waals surface area contributed by atoms with Crippen LogP contribution in [0.1, 0.15) is 35.3 Å². The minimum atomic E-state index is -0.514. The molecule has 0 aliphatic carbocycles. The van der Waals surface area contributed by atoms with Crippen molar-refractivity contribution in [2.75, 3.05) is 74.5 Å². The summed E-state index contributed by atoms with van der Waals surface area (Å²) in [6, 6.07) is 28.0. The molecule has 9 heteroatoms. The van der Waals surface area contributed by atoms with Crippen molar-refractivity contribution in [1.82, 2.24) is 14.7 Å². The molecule has 4 aromatic rings. The zero-order valence-corrected chi connectivity index (χ0v) is 29.8. The molecule has 0 radical (unpaired) electrons. The number of hydrogen-bond donors (Lipinski definition) is 0. The van der Waals surface area contributed by atoms with Crippen LogP contribution in [0.15, 0.2) is 84.9 Å². The molecule has 2 amide bonds. The molecule has 0 N–H and O–H groups in total. The van der Waals surface area contributed by atoms with E-state index in [0.29, 0.717) is 57.2 Å². The van der Waals surface area contributed by atoms with Gasteiger partial charge in [-0.05, 0) is 91.3 Å². The van der Waals surface area contributed by atoms with Crippen LogP contribution in [-0.4, -0.2) is 107 Å². The summed E-state index contributed by atoms with van der Waals surface area (Å²) in [5, 5.41) is 1.94. The fourth-order valence-corrected chi connectivity index (χ4v) is 5.59. The molecule has 1 atom stereocenters. The fraction of sp³-hybridized carbons (Fsp3) is 0.400. The Morgan fingerprint density at radius 3 is 2.24 bits per heavy atom.